The number of hydrogen-bond acceptors (Lipinski definition) is 4. The number of aryl methyl sites for hydroxylation is 1. The summed E-state index contributed by atoms with van der Waals surface area (Å²) in [6, 6.07) is 7.39. The van der Waals surface area contributed by atoms with Crippen LogP contribution < -0.4 is 0 Å². The summed E-state index contributed by atoms with van der Waals surface area (Å²) in [4.78, 5) is 15.1. The molecule has 2 radical (unpaired) electrons. The van der Waals surface area contributed by atoms with Crippen LogP contribution in [0.4, 0.5) is 5.69 Å². The number of nitrogens with zero attached hydrogens (tertiary/aromatic N) is 1. The van der Waals surface area contributed by atoms with Crippen LogP contribution in [-0.4, -0.2) is 18.1 Å². The van der Waals surface area contributed by atoms with Crippen LogP contribution in [0, 0.1) is 66.7 Å². The molecule has 0 saturated carbocycles. The molecule has 0 fully saturated rings. The predicted molar refractivity (Wildman–Crippen MR) is 96.9 cm³/mol. The fourth-order valence-corrected chi connectivity index (χ4v) is 1.18. The number of aliphatic imine (C=N–C) groups is 1. The maximum absolute atomic E-state index is 11.1. The molecule has 0 aromatic heterocycles. The van der Waals surface area contributed by atoms with Gasteiger partial charge in [0.1, 0.15) is 0 Å². The molecule has 0 heterocycles. The largest absolute Gasteiger partial charge is 0.839 e. The summed E-state index contributed by atoms with van der Waals surface area (Å²) < 4.78 is 64.4. The van der Waals surface area contributed by atoms with Crippen molar-refractivity contribution in [1.82, 2.24) is 0 Å². The first-order chi connectivity index (χ1) is 15.5. The van der Waals surface area contributed by atoms with Crippen LogP contribution in [0.1, 0.15) is 5.56 Å². The van der Waals surface area contributed by atoms with Gasteiger partial charge in [-0.1, -0.05) is 17.7 Å². The SMILES string of the molecule is [C-]#[O+].[C-]#[O+].[C-]#[O+].[C-]#[O+].[C-]#[O+].[C-]#[O+].[C-]#[O+].[C-]#[O+].[CH-]=C(C(=O)OC)C([S-])=Nc1ccc(C)cc1.[Re].[Re]. The third-order valence-corrected chi connectivity index (χ3v) is 2.21. The van der Waals surface area contributed by atoms with Gasteiger partial charge in [0, 0.05) is 46.5 Å². The summed E-state index contributed by atoms with van der Waals surface area (Å²) >= 11 is 4.90. The molecular weight excluding hydrogens is 819 g/mol. The molecule has 34 heavy (non-hydrogen) atoms. The van der Waals surface area contributed by atoms with Crippen LogP contribution in [0.5, 0.6) is 0 Å². The quantitative estimate of drug-likeness (QED) is 0.0854. The Bertz CT molecular complexity index is 703. The fraction of sp³-hybridized carbons (Fsp3) is 0.100. The average molecular weight is 830 g/mol. The van der Waals surface area contributed by atoms with Crippen LogP contribution in [-0.2, 0) is 100 Å². The molecule has 178 valence electrons. The van der Waals surface area contributed by atoms with Gasteiger partial charge in [-0.2, -0.15) is 5.04 Å². The molecule has 14 heteroatoms. The van der Waals surface area contributed by atoms with Crippen molar-refractivity contribution in [3.05, 3.63) is 95.2 Å². The van der Waals surface area contributed by atoms with Crippen molar-refractivity contribution in [2.24, 2.45) is 4.99 Å². The molecular formula is C20H11NO10Re2S-2. The molecule has 0 atom stereocenters. The van der Waals surface area contributed by atoms with Crippen molar-refractivity contribution < 1.29 is 87.6 Å². The van der Waals surface area contributed by atoms with E-state index in [2.05, 4.69) is 62.9 Å². The van der Waals surface area contributed by atoms with Crippen molar-refractivity contribution in [1.29, 1.82) is 0 Å². The van der Waals surface area contributed by atoms with Gasteiger partial charge in [-0.15, -0.1) is 5.57 Å². The normalized spacial score (nSPS) is 5.65. The summed E-state index contributed by atoms with van der Waals surface area (Å²) in [7, 11) is 1.24. The van der Waals surface area contributed by atoms with Crippen molar-refractivity contribution in [2.45, 2.75) is 6.92 Å². The van der Waals surface area contributed by atoms with E-state index in [0.29, 0.717) is 5.69 Å². The van der Waals surface area contributed by atoms with Gasteiger partial charge in [0.05, 0.1) is 7.11 Å². The number of hydrogen-bond donors (Lipinski definition) is 0. The third-order valence-electron chi connectivity index (χ3n) is 1.90. The molecule has 1 rings (SSSR count). The van der Waals surface area contributed by atoms with Gasteiger partial charge >= 0.3 is 90.4 Å². The topological polar surface area (TPSA) is 198 Å². The van der Waals surface area contributed by atoms with Crippen molar-refractivity contribution in [3.63, 3.8) is 0 Å². The molecule has 0 aliphatic heterocycles. The minimum absolute atomic E-state index is 0. The molecule has 0 amide bonds. The molecule has 11 nitrogen and oxygen atoms in total. The molecule has 0 unspecified atom stereocenters. The Hall–Kier alpha value is -2.44. The molecule has 0 spiro atoms. The zero-order valence-corrected chi connectivity index (χ0v) is 23.3. The number of carbonyl (C=O) groups excluding carboxylic acids is 1. The third kappa shape index (κ3) is 51.9. The molecule has 1 aromatic rings. The summed E-state index contributed by atoms with van der Waals surface area (Å²) in [5.74, 6) is -0.666. The van der Waals surface area contributed by atoms with Gasteiger partial charge in [0.15, 0.2) is 0 Å². The first-order valence-electron chi connectivity index (χ1n) is 6.21. The Labute approximate surface area is 230 Å². The Balaban J connectivity index is -0.0000000342. The number of benzene rings is 1. The summed E-state index contributed by atoms with van der Waals surface area (Å²) in [6.45, 7) is 43.4. The molecule has 0 saturated heterocycles. The zero-order chi connectivity index (χ0) is 28.1. The van der Waals surface area contributed by atoms with E-state index in [1.54, 1.807) is 12.1 Å². The smallest absolute Gasteiger partial charge is 0.218 e. The van der Waals surface area contributed by atoms with Gasteiger partial charge in [0.25, 0.3) is 0 Å². The van der Waals surface area contributed by atoms with Gasteiger partial charge in [0.2, 0.25) is 5.97 Å². The first-order valence-corrected chi connectivity index (χ1v) is 6.62. The van der Waals surface area contributed by atoms with E-state index < -0.39 is 5.97 Å². The number of carbonyl (C=O) groups is 1. The van der Waals surface area contributed by atoms with Gasteiger partial charge < -0.3 is 27.2 Å². The second kappa shape index (κ2) is 77.5. The van der Waals surface area contributed by atoms with E-state index in [1.165, 1.54) is 7.11 Å². The molecule has 0 aliphatic carbocycles. The second-order valence-electron chi connectivity index (χ2n) is 3.16. The minimum atomic E-state index is -0.666. The standard InChI is InChI=1S/C12H12NO2S.8CO.2Re/c1-8-4-6-10(7-5-8)13-11(16)9(2)12(14)15-3;8*1-2;;/h2,4-7H,1,3H3,(H,13,16);;;;;;;;;;/q-1;;;;;;;;;;/p-1. The maximum Gasteiger partial charge on any atom is 0.218 e. The molecule has 0 bridgehead atoms. The van der Waals surface area contributed by atoms with Gasteiger partial charge in [-0.05, 0) is 19.1 Å². The average Bonchev–Trinajstić information content (AvgIpc) is 2.93. The zero-order valence-electron chi connectivity index (χ0n) is 17.1. The molecule has 0 N–H and O–H groups in total. The van der Waals surface area contributed by atoms with Crippen LogP contribution in [0.15, 0.2) is 34.8 Å². The number of methoxy groups -OCH3 is 1. The summed E-state index contributed by atoms with van der Waals surface area (Å²) in [6.07, 6.45) is 0. The predicted octanol–water partition coefficient (Wildman–Crippen LogP) is 1.80. The van der Waals surface area contributed by atoms with E-state index in [1.807, 2.05) is 19.1 Å². The number of rotatable bonds is 3. The monoisotopic (exact) mass is 831 g/mol. The van der Waals surface area contributed by atoms with Crippen molar-refractivity contribution in [2.75, 3.05) is 7.11 Å². The number of esters is 1. The summed E-state index contributed by atoms with van der Waals surface area (Å²) in [5.41, 5.74) is 1.62. The van der Waals surface area contributed by atoms with Crippen molar-refractivity contribution >= 4 is 29.3 Å². The maximum atomic E-state index is 11.1. The van der Waals surface area contributed by atoms with Crippen LogP contribution in [0.2, 0.25) is 0 Å². The van der Waals surface area contributed by atoms with E-state index in [4.69, 9.17) is 56.4 Å². The van der Waals surface area contributed by atoms with Crippen LogP contribution >= 0.6 is 0 Å². The Morgan fingerprint density at radius 3 is 1.26 bits per heavy atom. The van der Waals surface area contributed by atoms with Crippen molar-refractivity contribution in [3.8, 4) is 0 Å². The summed E-state index contributed by atoms with van der Waals surface area (Å²) in [5, 5.41) is 0.0377. The first kappa shape index (κ1) is 63.4. The Morgan fingerprint density at radius 2 is 1.03 bits per heavy atom. The minimum Gasteiger partial charge on any atom is -0.839 e. The fourth-order valence-electron chi connectivity index (χ4n) is 0.994. The van der Waals surface area contributed by atoms with E-state index >= 15 is 0 Å². The Kier molecular flexibility index (Phi) is 145. The Morgan fingerprint density at radius 1 is 0.765 bits per heavy atom. The van der Waals surface area contributed by atoms with E-state index in [9.17, 15) is 4.79 Å². The second-order valence-corrected chi connectivity index (χ2v) is 3.54. The van der Waals surface area contributed by atoms with Gasteiger partial charge in [-0.3, -0.25) is 0 Å². The van der Waals surface area contributed by atoms with Crippen LogP contribution in [0.25, 0.3) is 0 Å². The molecule has 0 aliphatic rings. The van der Waals surface area contributed by atoms with E-state index in [0.717, 1.165) is 5.56 Å². The van der Waals surface area contributed by atoms with Crippen LogP contribution in [0.3, 0.4) is 0 Å². The molecule has 1 aromatic carbocycles. The van der Waals surface area contributed by atoms with Gasteiger partial charge in [-0.25, -0.2) is 6.58 Å². The van der Waals surface area contributed by atoms with E-state index in [-0.39, 0.29) is 51.5 Å². The number of ether oxygens (including phenoxy) is 1.